The quantitative estimate of drug-likeness (QED) is 0.285. The van der Waals surface area contributed by atoms with E-state index in [1.807, 2.05) is 0 Å². The van der Waals surface area contributed by atoms with E-state index in [4.69, 9.17) is 4.74 Å². The maximum atomic E-state index is 13.6. The van der Waals surface area contributed by atoms with Crippen molar-refractivity contribution in [2.24, 2.45) is 5.41 Å². The molecule has 0 unspecified atom stereocenters. The number of halogens is 3. The Bertz CT molecular complexity index is 1560. The van der Waals surface area contributed by atoms with Crippen LogP contribution in [0.15, 0.2) is 77.8 Å². The summed E-state index contributed by atoms with van der Waals surface area (Å²) in [6, 6.07) is 16.9. The predicted molar refractivity (Wildman–Crippen MR) is 136 cm³/mol. The SMILES string of the molecule is Cc1cnc2c(C(F)(F)F)cccc2c1-c1cccc(Oc2cccc(S(=O)(=O)CC(C)(C)CO)c2)c1. The highest BCUT2D eigenvalue weighted by Crippen LogP contribution is 2.39. The van der Waals surface area contributed by atoms with Gasteiger partial charge in [0.15, 0.2) is 9.84 Å². The smallest absolute Gasteiger partial charge is 0.418 e. The van der Waals surface area contributed by atoms with Crippen LogP contribution in [0.4, 0.5) is 13.2 Å². The van der Waals surface area contributed by atoms with Crippen LogP contribution in [0.25, 0.3) is 22.0 Å². The van der Waals surface area contributed by atoms with Crippen LogP contribution < -0.4 is 4.74 Å². The molecule has 1 aromatic heterocycles. The molecule has 5 nitrogen and oxygen atoms in total. The van der Waals surface area contributed by atoms with E-state index in [1.54, 1.807) is 63.2 Å². The summed E-state index contributed by atoms with van der Waals surface area (Å²) in [5.41, 5.74) is 0.191. The van der Waals surface area contributed by atoms with Crippen LogP contribution in [0, 0.1) is 12.3 Å². The summed E-state index contributed by atoms with van der Waals surface area (Å²) < 4.78 is 72.4. The van der Waals surface area contributed by atoms with Crippen LogP contribution >= 0.6 is 0 Å². The first-order valence-electron chi connectivity index (χ1n) is 11.5. The fourth-order valence-electron chi connectivity index (χ4n) is 4.16. The third kappa shape index (κ3) is 5.78. The molecule has 0 bridgehead atoms. The van der Waals surface area contributed by atoms with Gasteiger partial charge in [-0.05, 0) is 60.0 Å². The van der Waals surface area contributed by atoms with Crippen LogP contribution in [0.2, 0.25) is 0 Å². The van der Waals surface area contributed by atoms with Gasteiger partial charge in [0.1, 0.15) is 11.5 Å². The van der Waals surface area contributed by atoms with Crippen LogP contribution in [0.3, 0.4) is 0 Å². The number of aryl methyl sites for hydroxylation is 1. The highest BCUT2D eigenvalue weighted by atomic mass is 32.2. The molecule has 37 heavy (non-hydrogen) atoms. The van der Waals surface area contributed by atoms with Crippen LogP contribution in [-0.4, -0.2) is 30.9 Å². The van der Waals surface area contributed by atoms with Gasteiger partial charge in [0.2, 0.25) is 0 Å². The zero-order valence-corrected chi connectivity index (χ0v) is 21.3. The minimum atomic E-state index is -4.54. The van der Waals surface area contributed by atoms with Crippen molar-refractivity contribution in [2.45, 2.75) is 31.8 Å². The minimum absolute atomic E-state index is 0.0679. The van der Waals surface area contributed by atoms with Crippen LogP contribution in [0.1, 0.15) is 25.0 Å². The number of aliphatic hydroxyl groups excluding tert-OH is 1. The Balaban J connectivity index is 1.71. The molecule has 1 N–H and O–H groups in total. The first kappa shape index (κ1) is 26.6. The molecule has 0 amide bonds. The van der Waals surface area contributed by atoms with Gasteiger partial charge in [-0.3, -0.25) is 4.98 Å². The Morgan fingerprint density at radius 1 is 0.946 bits per heavy atom. The third-order valence-corrected chi connectivity index (χ3v) is 8.06. The Morgan fingerprint density at radius 2 is 1.59 bits per heavy atom. The van der Waals surface area contributed by atoms with E-state index < -0.39 is 27.0 Å². The number of benzene rings is 3. The molecule has 0 spiro atoms. The summed E-state index contributed by atoms with van der Waals surface area (Å²) in [6.45, 7) is 4.83. The molecular formula is C28H26F3NO4S. The van der Waals surface area contributed by atoms with E-state index in [2.05, 4.69) is 4.98 Å². The Morgan fingerprint density at radius 3 is 2.27 bits per heavy atom. The summed E-state index contributed by atoms with van der Waals surface area (Å²) in [4.78, 5) is 4.13. The molecule has 0 fully saturated rings. The molecule has 4 aromatic rings. The van der Waals surface area contributed by atoms with Gasteiger partial charge in [-0.2, -0.15) is 13.2 Å². The third-order valence-electron chi connectivity index (χ3n) is 5.92. The average Bonchev–Trinajstić information content (AvgIpc) is 2.82. The van der Waals surface area contributed by atoms with Gasteiger partial charge in [0.05, 0.1) is 21.7 Å². The van der Waals surface area contributed by atoms with Crippen molar-refractivity contribution in [1.82, 2.24) is 4.98 Å². The topological polar surface area (TPSA) is 76.5 Å². The highest BCUT2D eigenvalue weighted by molar-refractivity contribution is 7.91. The maximum Gasteiger partial charge on any atom is 0.418 e. The molecule has 1 heterocycles. The number of rotatable bonds is 7. The molecule has 194 valence electrons. The van der Waals surface area contributed by atoms with Crippen molar-refractivity contribution in [3.05, 3.63) is 84.1 Å². The van der Waals surface area contributed by atoms with E-state index in [1.165, 1.54) is 24.4 Å². The molecule has 9 heteroatoms. The first-order chi connectivity index (χ1) is 17.3. The summed E-state index contributed by atoms with van der Waals surface area (Å²) in [5, 5.41) is 9.83. The number of para-hydroxylation sites is 1. The van der Waals surface area contributed by atoms with E-state index in [0.29, 0.717) is 27.8 Å². The van der Waals surface area contributed by atoms with Crippen molar-refractivity contribution in [2.75, 3.05) is 12.4 Å². The van der Waals surface area contributed by atoms with Crippen molar-refractivity contribution >= 4 is 20.7 Å². The van der Waals surface area contributed by atoms with Crippen molar-refractivity contribution in [1.29, 1.82) is 0 Å². The second-order valence-corrected chi connectivity index (χ2v) is 11.7. The van der Waals surface area contributed by atoms with Crippen molar-refractivity contribution < 1.29 is 31.4 Å². The van der Waals surface area contributed by atoms with E-state index in [9.17, 15) is 26.7 Å². The molecule has 0 aliphatic carbocycles. The standard InChI is InChI=1S/C28H26F3NO4S/c1-18-15-32-26-23(11-6-12-24(26)28(29,30)31)25(18)19-7-4-8-20(13-19)36-21-9-5-10-22(14-21)37(34,35)17-27(2,3)16-33/h4-15,33H,16-17H2,1-3H3. The molecule has 0 aliphatic heterocycles. The first-order valence-corrected chi connectivity index (χ1v) is 13.1. The fraction of sp³-hybridized carbons (Fsp3) is 0.250. The molecule has 3 aromatic carbocycles. The molecule has 0 aliphatic rings. The summed E-state index contributed by atoms with van der Waals surface area (Å²) >= 11 is 0. The summed E-state index contributed by atoms with van der Waals surface area (Å²) in [7, 11) is -3.68. The minimum Gasteiger partial charge on any atom is -0.457 e. The zero-order valence-electron chi connectivity index (χ0n) is 20.5. The predicted octanol–water partition coefficient (Wildman–Crippen LogP) is 6.81. The van der Waals surface area contributed by atoms with Crippen LogP contribution in [-0.2, 0) is 16.0 Å². The molecule has 0 atom stereocenters. The lowest BCUT2D eigenvalue weighted by atomic mass is 9.95. The summed E-state index contributed by atoms with van der Waals surface area (Å²) in [5.74, 6) is 0.443. The number of ether oxygens (including phenoxy) is 1. The molecule has 4 rings (SSSR count). The average molecular weight is 530 g/mol. The molecule has 0 saturated heterocycles. The Hall–Kier alpha value is -3.43. The number of aliphatic hydroxyl groups is 1. The number of aromatic nitrogens is 1. The normalized spacial score (nSPS) is 12.6. The number of alkyl halides is 3. The van der Waals surface area contributed by atoms with E-state index in [-0.39, 0.29) is 28.5 Å². The second-order valence-electron chi connectivity index (χ2n) is 9.70. The molecular weight excluding hydrogens is 503 g/mol. The van der Waals surface area contributed by atoms with E-state index >= 15 is 0 Å². The monoisotopic (exact) mass is 529 g/mol. The number of fused-ring (bicyclic) bond motifs is 1. The lowest BCUT2D eigenvalue weighted by Gasteiger charge is -2.21. The van der Waals surface area contributed by atoms with Gasteiger partial charge in [-0.25, -0.2) is 8.42 Å². The Labute approximate surface area is 213 Å². The van der Waals surface area contributed by atoms with Crippen molar-refractivity contribution in [3.63, 3.8) is 0 Å². The van der Waals surface area contributed by atoms with Gasteiger partial charge >= 0.3 is 6.18 Å². The van der Waals surface area contributed by atoms with Gasteiger partial charge in [-0.1, -0.05) is 44.2 Å². The zero-order chi connectivity index (χ0) is 27.0. The second kappa shape index (κ2) is 9.79. The summed E-state index contributed by atoms with van der Waals surface area (Å²) in [6.07, 6.45) is -3.12. The van der Waals surface area contributed by atoms with Gasteiger partial charge in [0, 0.05) is 23.6 Å². The molecule has 0 radical (unpaired) electrons. The van der Waals surface area contributed by atoms with Crippen LogP contribution in [0.5, 0.6) is 11.5 Å². The molecule has 0 saturated carbocycles. The number of sulfone groups is 1. The van der Waals surface area contributed by atoms with Crippen molar-refractivity contribution in [3.8, 4) is 22.6 Å². The number of nitrogens with zero attached hydrogens (tertiary/aromatic N) is 1. The number of hydrogen-bond donors (Lipinski definition) is 1. The largest absolute Gasteiger partial charge is 0.457 e. The Kier molecular flexibility index (Phi) is 7.05. The lowest BCUT2D eigenvalue weighted by Crippen LogP contribution is -2.27. The van der Waals surface area contributed by atoms with E-state index in [0.717, 1.165) is 6.07 Å². The van der Waals surface area contributed by atoms with Gasteiger partial charge in [0.25, 0.3) is 0 Å². The number of pyridine rings is 1. The van der Waals surface area contributed by atoms with Gasteiger partial charge in [-0.15, -0.1) is 0 Å². The number of hydrogen-bond acceptors (Lipinski definition) is 5. The lowest BCUT2D eigenvalue weighted by molar-refractivity contribution is -0.136. The fourth-order valence-corrected chi connectivity index (χ4v) is 6.03. The highest BCUT2D eigenvalue weighted by Gasteiger charge is 2.33. The van der Waals surface area contributed by atoms with Gasteiger partial charge < -0.3 is 9.84 Å². The maximum absolute atomic E-state index is 13.6.